The van der Waals surface area contributed by atoms with E-state index in [1.807, 2.05) is 0 Å². The molecule has 2 aromatic heterocycles. The number of sulfonamides is 1. The molecular weight excluding hydrogens is 511 g/mol. The number of nitrogens with zero attached hydrogens (tertiary/aromatic N) is 5. The zero-order valence-corrected chi connectivity index (χ0v) is 20.8. The number of halogens is 4. The van der Waals surface area contributed by atoms with Crippen LogP contribution < -0.4 is 0 Å². The van der Waals surface area contributed by atoms with Crippen LogP contribution in [0.4, 0.5) is 18.0 Å². The number of alkyl halides is 3. The highest BCUT2D eigenvalue weighted by molar-refractivity contribution is 7.89. The van der Waals surface area contributed by atoms with Crippen molar-refractivity contribution in [2.24, 2.45) is 5.41 Å². The minimum atomic E-state index is -4.81. The second-order valence-corrected chi connectivity index (χ2v) is 11.2. The fourth-order valence-corrected chi connectivity index (χ4v) is 5.16. The Morgan fingerprint density at radius 3 is 2.26 bits per heavy atom. The predicted octanol–water partition coefficient (Wildman–Crippen LogP) is 5.36. The standard InChI is InChI=1S/C21H23ClF3N5O4S/c1-5-29-16-14(11-26-18(28-16)21(23,24)25)27-17(29)15(10-20(2,3)4)30(19(31)32)35(33,34)13-8-6-12(22)7-9-13/h6-9,11,15H,5,10H2,1-4H3,(H,31,32). The van der Waals surface area contributed by atoms with Crippen molar-refractivity contribution in [1.82, 2.24) is 23.8 Å². The minimum Gasteiger partial charge on any atom is -0.464 e. The molecule has 0 spiro atoms. The van der Waals surface area contributed by atoms with Crippen molar-refractivity contribution in [2.45, 2.75) is 57.8 Å². The van der Waals surface area contributed by atoms with Crippen molar-refractivity contribution in [3.8, 4) is 0 Å². The van der Waals surface area contributed by atoms with E-state index < -0.39 is 39.6 Å². The average Bonchev–Trinajstić information content (AvgIpc) is 3.09. The van der Waals surface area contributed by atoms with Crippen LogP contribution in [0.1, 0.15) is 51.8 Å². The fourth-order valence-electron chi connectivity index (χ4n) is 3.62. The largest absolute Gasteiger partial charge is 0.464 e. The van der Waals surface area contributed by atoms with Crippen molar-refractivity contribution in [3.05, 3.63) is 47.1 Å². The Balaban J connectivity index is 2.29. The molecule has 2 heterocycles. The number of benzene rings is 1. The van der Waals surface area contributed by atoms with Crippen LogP contribution in [0.5, 0.6) is 0 Å². The molecule has 1 unspecified atom stereocenters. The van der Waals surface area contributed by atoms with Crippen LogP contribution in [-0.2, 0) is 22.7 Å². The monoisotopic (exact) mass is 533 g/mol. The van der Waals surface area contributed by atoms with E-state index in [2.05, 4.69) is 15.0 Å². The summed E-state index contributed by atoms with van der Waals surface area (Å²) in [6, 6.07) is 3.58. The predicted molar refractivity (Wildman–Crippen MR) is 121 cm³/mol. The number of hydrogen-bond acceptors (Lipinski definition) is 6. The first kappa shape index (κ1) is 26.7. The molecule has 0 saturated heterocycles. The normalized spacial score (nSPS) is 13.7. The summed E-state index contributed by atoms with van der Waals surface area (Å²) in [6.07, 6.45) is -5.72. The number of rotatable bonds is 6. The van der Waals surface area contributed by atoms with E-state index in [0.717, 1.165) is 6.20 Å². The van der Waals surface area contributed by atoms with E-state index in [1.165, 1.54) is 28.8 Å². The highest BCUT2D eigenvalue weighted by Gasteiger charge is 2.42. The molecule has 0 saturated carbocycles. The summed E-state index contributed by atoms with van der Waals surface area (Å²) >= 11 is 5.85. The van der Waals surface area contributed by atoms with Gasteiger partial charge in [-0.25, -0.2) is 28.2 Å². The molecule has 1 atom stereocenters. The van der Waals surface area contributed by atoms with Crippen LogP contribution >= 0.6 is 11.6 Å². The first-order valence-corrected chi connectivity index (χ1v) is 12.2. The molecular formula is C21H23ClF3N5O4S. The Hall–Kier alpha value is -2.93. The molecule has 35 heavy (non-hydrogen) atoms. The van der Waals surface area contributed by atoms with Crippen LogP contribution in [0.15, 0.2) is 35.4 Å². The lowest BCUT2D eigenvalue weighted by molar-refractivity contribution is -0.144. The van der Waals surface area contributed by atoms with Crippen LogP contribution in [0.3, 0.4) is 0 Å². The van der Waals surface area contributed by atoms with E-state index in [9.17, 15) is 31.5 Å². The molecule has 1 amide bonds. The molecule has 0 aliphatic rings. The first-order chi connectivity index (χ1) is 16.1. The topological polar surface area (TPSA) is 118 Å². The van der Waals surface area contributed by atoms with Gasteiger partial charge < -0.3 is 9.67 Å². The maximum atomic E-state index is 13.5. The van der Waals surface area contributed by atoms with Crippen molar-refractivity contribution < 1.29 is 31.5 Å². The van der Waals surface area contributed by atoms with Crippen LogP contribution in [0.25, 0.3) is 11.2 Å². The lowest BCUT2D eigenvalue weighted by Crippen LogP contribution is -2.41. The van der Waals surface area contributed by atoms with E-state index in [4.69, 9.17) is 11.6 Å². The Kier molecular flexibility index (Phi) is 7.06. The Morgan fingerprint density at radius 1 is 1.17 bits per heavy atom. The number of carbonyl (C=O) groups is 1. The molecule has 3 rings (SSSR count). The van der Waals surface area contributed by atoms with E-state index in [0.29, 0.717) is 0 Å². The van der Waals surface area contributed by atoms with Crippen molar-refractivity contribution >= 4 is 38.9 Å². The van der Waals surface area contributed by atoms with Crippen molar-refractivity contribution in [3.63, 3.8) is 0 Å². The van der Waals surface area contributed by atoms with Gasteiger partial charge in [-0.2, -0.15) is 17.5 Å². The molecule has 14 heteroatoms. The van der Waals surface area contributed by atoms with Gasteiger partial charge in [-0.3, -0.25) is 0 Å². The summed E-state index contributed by atoms with van der Waals surface area (Å²) in [5.74, 6) is -1.45. The molecule has 3 aromatic rings. The van der Waals surface area contributed by atoms with Gasteiger partial charge in [-0.1, -0.05) is 32.4 Å². The number of aromatic nitrogens is 4. The number of fused-ring (bicyclic) bond motifs is 1. The quantitative estimate of drug-likeness (QED) is 0.452. The molecule has 0 aliphatic heterocycles. The van der Waals surface area contributed by atoms with Gasteiger partial charge in [0.2, 0.25) is 5.82 Å². The van der Waals surface area contributed by atoms with Crippen LogP contribution in [0.2, 0.25) is 5.02 Å². The Bertz CT molecular complexity index is 1350. The summed E-state index contributed by atoms with van der Waals surface area (Å²) < 4.78 is 68.2. The molecule has 190 valence electrons. The van der Waals surface area contributed by atoms with Crippen molar-refractivity contribution in [1.29, 1.82) is 0 Å². The van der Waals surface area contributed by atoms with Gasteiger partial charge in [0.05, 0.1) is 11.1 Å². The zero-order valence-electron chi connectivity index (χ0n) is 19.2. The number of amides is 1. The molecule has 1 N–H and O–H groups in total. The zero-order chi connectivity index (χ0) is 26.3. The lowest BCUT2D eigenvalue weighted by atomic mass is 9.87. The highest BCUT2D eigenvalue weighted by Crippen LogP contribution is 2.38. The highest BCUT2D eigenvalue weighted by atomic mass is 35.5. The van der Waals surface area contributed by atoms with Gasteiger partial charge in [0.25, 0.3) is 10.0 Å². The van der Waals surface area contributed by atoms with Gasteiger partial charge >= 0.3 is 12.3 Å². The second kappa shape index (κ2) is 9.26. The average molecular weight is 534 g/mol. The molecule has 0 fully saturated rings. The van der Waals surface area contributed by atoms with Gasteiger partial charge in [-0.05, 0) is 43.0 Å². The van der Waals surface area contributed by atoms with E-state index in [-0.39, 0.29) is 44.2 Å². The third kappa shape index (κ3) is 5.50. The second-order valence-electron chi connectivity index (χ2n) is 8.93. The van der Waals surface area contributed by atoms with Gasteiger partial charge in [0, 0.05) is 11.6 Å². The number of hydrogen-bond donors (Lipinski definition) is 1. The van der Waals surface area contributed by atoms with E-state index in [1.54, 1.807) is 27.7 Å². The number of aryl methyl sites for hydroxylation is 1. The lowest BCUT2D eigenvalue weighted by Gasteiger charge is -2.33. The van der Waals surface area contributed by atoms with Gasteiger partial charge in [0.1, 0.15) is 17.4 Å². The summed E-state index contributed by atoms with van der Waals surface area (Å²) in [5, 5.41) is 10.3. The fraction of sp³-hybridized carbons (Fsp3) is 0.429. The molecule has 1 aromatic carbocycles. The summed E-state index contributed by atoms with van der Waals surface area (Å²) in [6.45, 7) is 6.97. The Morgan fingerprint density at radius 2 is 1.77 bits per heavy atom. The van der Waals surface area contributed by atoms with Gasteiger partial charge in [0.15, 0.2) is 5.65 Å². The minimum absolute atomic E-state index is 0.0189. The molecule has 0 aliphatic carbocycles. The van der Waals surface area contributed by atoms with E-state index >= 15 is 0 Å². The molecule has 9 nitrogen and oxygen atoms in total. The summed E-state index contributed by atoms with van der Waals surface area (Å²) in [5.41, 5.74) is -0.811. The number of imidazole rings is 1. The van der Waals surface area contributed by atoms with Crippen LogP contribution in [-0.4, -0.2) is 43.4 Å². The third-order valence-electron chi connectivity index (χ3n) is 5.03. The SMILES string of the molecule is CCn1c(C(CC(C)(C)C)N(C(=O)O)S(=O)(=O)c2ccc(Cl)cc2)nc2cnc(C(F)(F)F)nc21. The number of carboxylic acid groups (broad SMARTS) is 1. The Labute approximate surface area is 204 Å². The third-order valence-corrected chi connectivity index (χ3v) is 7.08. The maximum Gasteiger partial charge on any atom is 0.451 e. The first-order valence-electron chi connectivity index (χ1n) is 10.4. The van der Waals surface area contributed by atoms with Gasteiger partial charge in [-0.15, -0.1) is 0 Å². The summed E-state index contributed by atoms with van der Waals surface area (Å²) in [4.78, 5) is 23.3. The summed E-state index contributed by atoms with van der Waals surface area (Å²) in [7, 11) is -4.62. The molecule has 0 radical (unpaired) electrons. The van der Waals surface area contributed by atoms with Crippen LogP contribution in [0, 0.1) is 5.41 Å². The molecule has 0 bridgehead atoms. The smallest absolute Gasteiger partial charge is 0.451 e. The van der Waals surface area contributed by atoms with Crippen molar-refractivity contribution in [2.75, 3.05) is 0 Å². The maximum absolute atomic E-state index is 13.5.